The van der Waals surface area contributed by atoms with Crippen LogP contribution in [0, 0.1) is 5.92 Å². The molecule has 9 rings (SSSR count). The van der Waals surface area contributed by atoms with Crippen LogP contribution < -0.4 is 15.0 Å². The number of benzene rings is 3. The predicted octanol–water partition coefficient (Wildman–Crippen LogP) is 15.6. The molecule has 2 aliphatic carbocycles. The summed E-state index contributed by atoms with van der Waals surface area (Å²) in [5.74, 6) is 1.26. The van der Waals surface area contributed by atoms with E-state index in [0.717, 1.165) is 124 Å². The normalized spacial score (nSPS) is 16.0. The fourth-order valence-corrected chi connectivity index (χ4v) is 11.2. The molecule has 3 aromatic heterocycles. The van der Waals surface area contributed by atoms with Crippen LogP contribution in [-0.2, 0) is 35.3 Å². The van der Waals surface area contributed by atoms with Gasteiger partial charge in [-0.3, -0.25) is 20.1 Å². The summed E-state index contributed by atoms with van der Waals surface area (Å²) in [6.45, 7) is 18.7. The number of carbonyl (C=O) groups is 1. The number of rotatable bonds is 29. The minimum atomic E-state index is -4.57. The van der Waals surface area contributed by atoms with Crippen LogP contribution in [0.15, 0.2) is 97.6 Å². The Bertz CT molecular complexity index is 2890. The van der Waals surface area contributed by atoms with Crippen molar-refractivity contribution in [2.75, 3.05) is 79.1 Å². The van der Waals surface area contributed by atoms with Crippen LogP contribution in [0.25, 0.3) is 33.8 Å². The number of amides is 1. The van der Waals surface area contributed by atoms with Crippen molar-refractivity contribution in [3.8, 4) is 39.5 Å². The molecule has 87 heavy (non-hydrogen) atoms. The van der Waals surface area contributed by atoms with Crippen molar-refractivity contribution < 1.29 is 32.2 Å². The van der Waals surface area contributed by atoms with Crippen LogP contribution in [0.3, 0.4) is 0 Å². The first-order chi connectivity index (χ1) is 41.2. The first kappa shape index (κ1) is 71.4. The van der Waals surface area contributed by atoms with E-state index < -0.39 is 17.6 Å². The van der Waals surface area contributed by atoms with Crippen LogP contribution in [0.5, 0.6) is 5.75 Å². The molecule has 0 spiro atoms. The summed E-state index contributed by atoms with van der Waals surface area (Å²) in [6, 6.07) is 20.5. The van der Waals surface area contributed by atoms with Crippen LogP contribution in [-0.4, -0.2) is 138 Å². The number of allylic oxidation sites excluding steroid dienone is 1. The van der Waals surface area contributed by atoms with Gasteiger partial charge in [-0.15, -0.1) is 0 Å². The number of hydrogen-bond donors (Lipinski definition) is 4. The molecular weight excluding hydrogens is 1100 g/mol. The van der Waals surface area contributed by atoms with Gasteiger partial charge < -0.3 is 39.1 Å². The number of methoxy groups -OCH3 is 1. The van der Waals surface area contributed by atoms with Crippen LogP contribution in [0.1, 0.15) is 171 Å². The van der Waals surface area contributed by atoms with Crippen LogP contribution >= 0.6 is 0 Å². The van der Waals surface area contributed by atoms with Crippen molar-refractivity contribution in [2.45, 2.75) is 176 Å². The number of hydrogen-bond acceptors (Lipinski definition) is 11. The molecule has 2 saturated carbocycles. The number of H-pyrrole nitrogens is 3. The lowest BCUT2D eigenvalue weighted by Crippen LogP contribution is -2.39. The van der Waals surface area contributed by atoms with Gasteiger partial charge in [-0.1, -0.05) is 106 Å². The topological polar surface area (TPSA) is 156 Å². The smallest absolute Gasteiger partial charge is 0.416 e. The largest absolute Gasteiger partial charge is 0.490 e. The maximum Gasteiger partial charge on any atom is 0.416 e. The number of aromatic amines is 3. The second-order valence-electron chi connectivity index (χ2n) is 23.5. The van der Waals surface area contributed by atoms with Gasteiger partial charge in [0.2, 0.25) is 0 Å². The number of unbranched alkanes of at least 4 members (excludes halogenated alkanes) is 3. The predicted molar refractivity (Wildman–Crippen MR) is 349 cm³/mol. The third kappa shape index (κ3) is 22.4. The average molecular weight is 1210 g/mol. The van der Waals surface area contributed by atoms with E-state index in [1.807, 2.05) is 19.4 Å². The summed E-state index contributed by atoms with van der Waals surface area (Å²) >= 11 is 0. The molecule has 3 fully saturated rings. The molecule has 0 bridgehead atoms. The van der Waals surface area contributed by atoms with E-state index in [-0.39, 0.29) is 45.2 Å². The molecule has 0 radical (unpaired) electrons. The summed E-state index contributed by atoms with van der Waals surface area (Å²) in [7, 11) is 7.78. The zero-order valence-corrected chi connectivity index (χ0v) is 51.8. The molecule has 0 atom stereocenters. The quantitative estimate of drug-likeness (QED) is 0.0332. The Labute approximate surface area is 518 Å². The van der Waals surface area contributed by atoms with Gasteiger partial charge in [-0.2, -0.15) is 28.5 Å². The highest BCUT2D eigenvalue weighted by atomic mass is 19.4. The third-order valence-electron chi connectivity index (χ3n) is 16.4. The van der Waals surface area contributed by atoms with Crippen molar-refractivity contribution >= 4 is 11.6 Å². The molecule has 4 heterocycles. The molecule has 0 unspecified atom stereocenters. The Kier molecular flexibility index (Phi) is 30.3. The Morgan fingerprint density at radius 1 is 0.678 bits per heavy atom. The van der Waals surface area contributed by atoms with Gasteiger partial charge in [-0.05, 0) is 140 Å². The van der Waals surface area contributed by atoms with E-state index >= 15 is 0 Å². The lowest BCUT2D eigenvalue weighted by molar-refractivity contribution is -0.137. The van der Waals surface area contributed by atoms with E-state index in [0.29, 0.717) is 18.3 Å². The van der Waals surface area contributed by atoms with Gasteiger partial charge in [0.05, 0.1) is 53.9 Å². The molecule has 6 aromatic rings. The lowest BCUT2D eigenvalue weighted by atomic mass is 9.87. The Hall–Kier alpha value is -6.31. The molecule has 4 N–H and O–H groups in total. The van der Waals surface area contributed by atoms with Crippen molar-refractivity contribution in [1.29, 1.82) is 0 Å². The number of nitrogens with zero attached hydrogens (tertiary/aromatic N) is 7. The maximum atomic E-state index is 13.4. The highest BCUT2D eigenvalue weighted by Gasteiger charge is 2.33. The van der Waals surface area contributed by atoms with Gasteiger partial charge in [0.1, 0.15) is 11.9 Å². The fourth-order valence-electron chi connectivity index (χ4n) is 11.2. The van der Waals surface area contributed by atoms with Crippen molar-refractivity contribution in [3.63, 3.8) is 0 Å². The minimum absolute atomic E-state index is 0. The van der Waals surface area contributed by atoms with E-state index in [4.69, 9.17) is 14.2 Å². The highest BCUT2D eigenvalue weighted by Crippen LogP contribution is 2.36. The molecule has 1 aliphatic heterocycles. The van der Waals surface area contributed by atoms with E-state index in [1.54, 1.807) is 6.20 Å². The SMILES string of the molecule is C.C.C=C1CCCN1c1ccc(-c2[nH]ncc2CN(C)CCCC)cc1.CCCCN(C)Cc1cn[nH]c1-c1cc(C(=O)NCCOC)cc(C(F)(F)F)c1.CCCCN(C)Cc1cn[nH]c1-c1ccc(OC2CC(OCCC3CCCCC3)C2)cc1. The Morgan fingerprint density at radius 2 is 1.18 bits per heavy atom. The fraction of sp³-hybridized carbons (Fsp3) is 0.565. The van der Waals surface area contributed by atoms with E-state index in [9.17, 15) is 18.0 Å². The van der Waals surface area contributed by atoms with Crippen molar-refractivity contribution in [1.82, 2.24) is 50.6 Å². The Morgan fingerprint density at radius 3 is 1.66 bits per heavy atom. The first-order valence-corrected chi connectivity index (χ1v) is 31.2. The van der Waals surface area contributed by atoms with Crippen molar-refractivity contribution in [3.05, 3.63) is 125 Å². The number of alkyl halides is 3. The van der Waals surface area contributed by atoms with Gasteiger partial charge in [0, 0.05) is 110 Å². The zero-order chi connectivity index (χ0) is 60.6. The van der Waals surface area contributed by atoms with Gasteiger partial charge in [-0.25, -0.2) is 0 Å². The third-order valence-corrected chi connectivity index (χ3v) is 16.4. The Balaban J connectivity index is 0.000000238. The van der Waals surface area contributed by atoms with E-state index in [2.05, 4.69) is 145 Å². The highest BCUT2D eigenvalue weighted by molar-refractivity contribution is 5.95. The minimum Gasteiger partial charge on any atom is -0.490 e. The molecule has 3 aromatic carbocycles. The number of halogens is 3. The van der Waals surface area contributed by atoms with Crippen LogP contribution in [0.2, 0.25) is 0 Å². The zero-order valence-electron chi connectivity index (χ0n) is 51.8. The second kappa shape index (κ2) is 36.9. The number of nitrogens with one attached hydrogen (secondary N) is 4. The molecular formula is C69H104F3N11O4. The van der Waals surface area contributed by atoms with Crippen LogP contribution in [0.4, 0.5) is 18.9 Å². The number of ether oxygens (including phenoxy) is 3. The molecule has 1 saturated heterocycles. The van der Waals surface area contributed by atoms with Crippen molar-refractivity contribution in [2.24, 2.45) is 5.92 Å². The summed E-state index contributed by atoms with van der Waals surface area (Å²) in [5.41, 5.74) is 10.1. The molecule has 18 heteroatoms. The summed E-state index contributed by atoms with van der Waals surface area (Å²) < 4.78 is 57.4. The lowest BCUT2D eigenvalue weighted by Gasteiger charge is -2.35. The second-order valence-corrected chi connectivity index (χ2v) is 23.5. The molecule has 1 amide bonds. The summed E-state index contributed by atoms with van der Waals surface area (Å²) in [5, 5.41) is 24.3. The van der Waals surface area contributed by atoms with Gasteiger partial charge in [0.25, 0.3) is 5.91 Å². The average Bonchev–Trinajstić information content (AvgIpc) is 4.54. The summed E-state index contributed by atoms with van der Waals surface area (Å²) in [6.07, 6.45) is 21.3. The molecule has 3 aliphatic rings. The summed E-state index contributed by atoms with van der Waals surface area (Å²) in [4.78, 5) is 21.5. The number of carbonyl (C=O) groups excluding carboxylic acids is 1. The molecule has 480 valence electrons. The maximum absolute atomic E-state index is 13.4. The monoisotopic (exact) mass is 1210 g/mol. The van der Waals surface area contributed by atoms with Gasteiger partial charge >= 0.3 is 6.18 Å². The molecule has 15 nitrogen and oxygen atoms in total. The number of aromatic nitrogens is 6. The number of anilines is 1. The first-order valence-electron chi connectivity index (χ1n) is 31.2. The standard InChI is InChI=1S/C27H41N3O2.C20H27F3N4O2.C20H28N4.2CH4/c1-3-4-15-30(2)20-23-19-28-29-27(23)22-10-12-24(13-11-22)32-26-17-25(18-26)31-16-14-21-8-6-5-7-9-21;1-4-5-7-27(2)13-16-12-25-26-18(16)14-9-15(19(28)24-6-8-29-3)11-17(10-14)20(21,22)23;1-4-5-12-23(3)15-18-14-21-22-20(18)17-8-10-19(11-9-17)24-13-6-7-16(24)2;;/h10-13,19,21,25-26H,3-9,14-18,20H2,1-2H3,(H,28,29);9-12H,4-8,13H2,1-3H3,(H,24,28)(H,25,26);8-11,14H,2,4-7,12-13,15H2,1,3H3,(H,21,22);2*1H4. The van der Waals surface area contributed by atoms with Gasteiger partial charge in [0.15, 0.2) is 0 Å². The van der Waals surface area contributed by atoms with E-state index in [1.165, 1.54) is 112 Å².